The normalized spacial score (nSPS) is 13.8. The van der Waals surface area contributed by atoms with Gasteiger partial charge in [0.1, 0.15) is 0 Å². The number of rotatable bonds is 7. The third kappa shape index (κ3) is 5.84. The molecule has 1 aliphatic rings. The maximum Gasteiger partial charge on any atom is 0.242 e. The predicted octanol–water partition coefficient (Wildman–Crippen LogP) is 2.99. The molecule has 2 amide bonds. The highest BCUT2D eigenvalue weighted by Crippen LogP contribution is 2.20. The highest BCUT2D eigenvalue weighted by Gasteiger charge is 2.13. The molecule has 0 bridgehead atoms. The lowest BCUT2D eigenvalue weighted by atomic mass is 10.1. The molecular formula is C23H29N3O2. The lowest BCUT2D eigenvalue weighted by Crippen LogP contribution is -2.38. The van der Waals surface area contributed by atoms with Crippen LogP contribution in [-0.4, -0.2) is 43.4 Å². The third-order valence-corrected chi connectivity index (χ3v) is 5.15. The van der Waals surface area contributed by atoms with Gasteiger partial charge < -0.3 is 15.1 Å². The minimum absolute atomic E-state index is 0.0219. The first kappa shape index (κ1) is 19.9. The number of benzene rings is 2. The zero-order valence-electron chi connectivity index (χ0n) is 16.6. The van der Waals surface area contributed by atoms with E-state index in [0.29, 0.717) is 6.54 Å². The summed E-state index contributed by atoms with van der Waals surface area (Å²) in [6, 6.07) is 18.0. The first-order valence-electron chi connectivity index (χ1n) is 10.0. The van der Waals surface area contributed by atoms with Crippen molar-refractivity contribution in [2.75, 3.05) is 31.6 Å². The highest BCUT2D eigenvalue weighted by atomic mass is 16.2. The number of anilines is 1. The standard InChI is InChI=1S/C23H29N3O2/c1-25(23(28)17-24-22(27)16-19-8-4-2-5-9-19)18-20-10-12-21(13-11-20)26-14-6-3-7-15-26/h2,4-5,8-13H,3,6-7,14-18H2,1H3,(H,24,27). The van der Waals surface area contributed by atoms with Crippen LogP contribution in [0.15, 0.2) is 54.6 Å². The van der Waals surface area contributed by atoms with Crippen LogP contribution >= 0.6 is 0 Å². The summed E-state index contributed by atoms with van der Waals surface area (Å²) < 4.78 is 0. The van der Waals surface area contributed by atoms with Crippen LogP contribution in [0.1, 0.15) is 30.4 Å². The molecule has 0 spiro atoms. The van der Waals surface area contributed by atoms with Crippen LogP contribution in [0.2, 0.25) is 0 Å². The molecule has 0 aromatic heterocycles. The largest absolute Gasteiger partial charge is 0.372 e. The quantitative estimate of drug-likeness (QED) is 0.805. The summed E-state index contributed by atoms with van der Waals surface area (Å²) in [5, 5.41) is 2.71. The van der Waals surface area contributed by atoms with Gasteiger partial charge in [-0.2, -0.15) is 0 Å². The number of piperidine rings is 1. The number of hydrogen-bond acceptors (Lipinski definition) is 3. The summed E-state index contributed by atoms with van der Waals surface area (Å²) in [6.07, 6.45) is 4.13. The zero-order valence-corrected chi connectivity index (χ0v) is 16.6. The molecule has 0 radical (unpaired) electrons. The Morgan fingerprint density at radius 1 is 0.929 bits per heavy atom. The third-order valence-electron chi connectivity index (χ3n) is 5.15. The Hall–Kier alpha value is -2.82. The van der Waals surface area contributed by atoms with Gasteiger partial charge in [-0.1, -0.05) is 42.5 Å². The van der Waals surface area contributed by atoms with Crippen LogP contribution in [-0.2, 0) is 22.6 Å². The molecule has 0 unspecified atom stereocenters. The van der Waals surface area contributed by atoms with E-state index in [2.05, 4.69) is 34.5 Å². The molecule has 5 nitrogen and oxygen atoms in total. The van der Waals surface area contributed by atoms with E-state index in [-0.39, 0.29) is 24.8 Å². The molecule has 2 aromatic carbocycles. The van der Waals surface area contributed by atoms with Gasteiger partial charge in [-0.05, 0) is 42.5 Å². The number of nitrogens with one attached hydrogen (secondary N) is 1. The Morgan fingerprint density at radius 2 is 1.61 bits per heavy atom. The Kier molecular flexibility index (Phi) is 7.06. The minimum Gasteiger partial charge on any atom is -0.372 e. The minimum atomic E-state index is -0.140. The molecule has 1 fully saturated rings. The van der Waals surface area contributed by atoms with Gasteiger partial charge >= 0.3 is 0 Å². The molecule has 1 aliphatic heterocycles. The summed E-state index contributed by atoms with van der Waals surface area (Å²) in [5.41, 5.74) is 3.28. The van der Waals surface area contributed by atoms with Crippen LogP contribution in [0.4, 0.5) is 5.69 Å². The molecule has 3 rings (SSSR count). The molecule has 1 saturated heterocycles. The number of carbonyl (C=O) groups is 2. The van der Waals surface area contributed by atoms with Crippen molar-refractivity contribution in [2.45, 2.75) is 32.2 Å². The van der Waals surface area contributed by atoms with Crippen LogP contribution in [0.5, 0.6) is 0 Å². The number of amides is 2. The van der Waals surface area contributed by atoms with Gasteiger partial charge in [0.2, 0.25) is 11.8 Å². The van der Waals surface area contributed by atoms with Crippen LogP contribution in [0, 0.1) is 0 Å². The second-order valence-electron chi connectivity index (χ2n) is 7.40. The molecule has 1 heterocycles. The maximum absolute atomic E-state index is 12.3. The van der Waals surface area contributed by atoms with Crippen molar-refractivity contribution in [3.63, 3.8) is 0 Å². The Labute approximate surface area is 167 Å². The second-order valence-corrected chi connectivity index (χ2v) is 7.40. The van der Waals surface area contributed by atoms with Gasteiger partial charge in [-0.15, -0.1) is 0 Å². The van der Waals surface area contributed by atoms with Crippen LogP contribution < -0.4 is 10.2 Å². The van der Waals surface area contributed by atoms with E-state index in [4.69, 9.17) is 0 Å². The molecule has 148 valence electrons. The number of hydrogen-bond donors (Lipinski definition) is 1. The average molecular weight is 380 g/mol. The Morgan fingerprint density at radius 3 is 2.29 bits per heavy atom. The SMILES string of the molecule is CN(Cc1ccc(N2CCCCC2)cc1)C(=O)CNC(=O)Cc1ccccc1. The molecule has 28 heavy (non-hydrogen) atoms. The summed E-state index contributed by atoms with van der Waals surface area (Å²) in [7, 11) is 1.77. The first-order chi connectivity index (χ1) is 13.6. The average Bonchev–Trinajstić information content (AvgIpc) is 2.74. The summed E-state index contributed by atoms with van der Waals surface area (Å²) >= 11 is 0. The van der Waals surface area contributed by atoms with Crippen molar-refractivity contribution in [1.82, 2.24) is 10.2 Å². The monoisotopic (exact) mass is 379 g/mol. The molecule has 1 N–H and O–H groups in total. The van der Waals surface area contributed by atoms with E-state index in [1.165, 1.54) is 24.9 Å². The van der Waals surface area contributed by atoms with Crippen molar-refractivity contribution < 1.29 is 9.59 Å². The fourth-order valence-corrected chi connectivity index (χ4v) is 3.48. The summed E-state index contributed by atoms with van der Waals surface area (Å²) in [6.45, 7) is 2.81. The lowest BCUT2D eigenvalue weighted by Gasteiger charge is -2.29. The number of carbonyl (C=O) groups excluding carboxylic acids is 2. The molecule has 0 saturated carbocycles. The smallest absolute Gasteiger partial charge is 0.242 e. The van der Waals surface area contributed by atoms with Crippen LogP contribution in [0.25, 0.3) is 0 Å². The van der Waals surface area contributed by atoms with Gasteiger partial charge in [0.15, 0.2) is 0 Å². The molecule has 2 aromatic rings. The lowest BCUT2D eigenvalue weighted by molar-refractivity contribution is -0.132. The topological polar surface area (TPSA) is 52.6 Å². The Balaban J connectivity index is 1.44. The van der Waals surface area contributed by atoms with E-state index in [1.54, 1.807) is 11.9 Å². The Bertz CT molecular complexity index is 768. The van der Waals surface area contributed by atoms with Gasteiger partial charge in [0, 0.05) is 32.4 Å². The molecular weight excluding hydrogens is 350 g/mol. The molecule has 5 heteroatoms. The molecule has 0 atom stereocenters. The van der Waals surface area contributed by atoms with Gasteiger partial charge in [-0.3, -0.25) is 9.59 Å². The molecule has 0 aliphatic carbocycles. The van der Waals surface area contributed by atoms with Crippen molar-refractivity contribution in [2.24, 2.45) is 0 Å². The summed E-state index contributed by atoms with van der Waals surface area (Å²) in [5.74, 6) is -0.236. The predicted molar refractivity (Wildman–Crippen MR) is 112 cm³/mol. The fraction of sp³-hybridized carbons (Fsp3) is 0.391. The highest BCUT2D eigenvalue weighted by molar-refractivity contribution is 5.85. The fourth-order valence-electron chi connectivity index (χ4n) is 3.48. The second kappa shape index (κ2) is 9.93. The van der Waals surface area contributed by atoms with Gasteiger partial charge in [-0.25, -0.2) is 0 Å². The van der Waals surface area contributed by atoms with Gasteiger partial charge in [0.25, 0.3) is 0 Å². The van der Waals surface area contributed by atoms with Crippen molar-refractivity contribution in [3.05, 3.63) is 65.7 Å². The zero-order chi connectivity index (χ0) is 19.8. The first-order valence-corrected chi connectivity index (χ1v) is 10.0. The van der Waals surface area contributed by atoms with E-state index < -0.39 is 0 Å². The van der Waals surface area contributed by atoms with Crippen molar-refractivity contribution in [1.29, 1.82) is 0 Å². The van der Waals surface area contributed by atoms with Crippen molar-refractivity contribution >= 4 is 17.5 Å². The van der Waals surface area contributed by atoms with E-state index in [1.807, 2.05) is 30.3 Å². The van der Waals surface area contributed by atoms with Crippen LogP contribution in [0.3, 0.4) is 0 Å². The van der Waals surface area contributed by atoms with E-state index >= 15 is 0 Å². The van der Waals surface area contributed by atoms with E-state index in [9.17, 15) is 9.59 Å². The summed E-state index contributed by atoms with van der Waals surface area (Å²) in [4.78, 5) is 28.4. The maximum atomic E-state index is 12.3. The number of likely N-dealkylation sites (N-methyl/N-ethyl adjacent to an activating group) is 1. The van der Waals surface area contributed by atoms with Crippen molar-refractivity contribution in [3.8, 4) is 0 Å². The number of nitrogens with zero attached hydrogens (tertiary/aromatic N) is 2. The van der Waals surface area contributed by atoms with E-state index in [0.717, 1.165) is 24.2 Å². The van der Waals surface area contributed by atoms with Gasteiger partial charge in [0.05, 0.1) is 13.0 Å².